The smallest absolute Gasteiger partial charge is 0.267 e. The number of furan rings is 1. The number of ether oxygens (including phenoxy) is 1. The molecule has 112 valence electrons. The van der Waals surface area contributed by atoms with Gasteiger partial charge in [0, 0.05) is 6.07 Å². The molecule has 2 aromatic heterocycles. The lowest BCUT2D eigenvalue weighted by atomic mass is 10.1. The highest BCUT2D eigenvalue weighted by molar-refractivity contribution is 9.10. The fourth-order valence-electron chi connectivity index (χ4n) is 2.42. The number of aromatic nitrogens is 2. The van der Waals surface area contributed by atoms with E-state index in [1.807, 2.05) is 19.1 Å². The van der Waals surface area contributed by atoms with Gasteiger partial charge in [0.05, 0.1) is 37.5 Å². The highest BCUT2D eigenvalue weighted by Crippen LogP contribution is 2.19. The van der Waals surface area contributed by atoms with Crippen molar-refractivity contribution in [1.82, 2.24) is 15.1 Å². The van der Waals surface area contributed by atoms with Gasteiger partial charge in [-0.3, -0.25) is 4.79 Å². The maximum Gasteiger partial charge on any atom is 0.267 e. The molecule has 6 nitrogen and oxygen atoms in total. The van der Waals surface area contributed by atoms with Crippen molar-refractivity contribution in [3.8, 4) is 0 Å². The largest absolute Gasteiger partial charge is 0.453 e. The predicted molar refractivity (Wildman–Crippen MR) is 80.1 cm³/mol. The van der Waals surface area contributed by atoms with Gasteiger partial charge in [0.1, 0.15) is 5.76 Å². The van der Waals surface area contributed by atoms with E-state index in [4.69, 9.17) is 9.15 Å². The minimum atomic E-state index is -0.108. The van der Waals surface area contributed by atoms with Gasteiger partial charge in [-0.05, 0) is 41.1 Å². The third-order valence-corrected chi connectivity index (χ3v) is 3.92. The van der Waals surface area contributed by atoms with Crippen molar-refractivity contribution in [1.29, 1.82) is 0 Å². The Bertz CT molecular complexity index is 682. The van der Waals surface area contributed by atoms with Crippen molar-refractivity contribution in [2.24, 2.45) is 0 Å². The van der Waals surface area contributed by atoms with Gasteiger partial charge >= 0.3 is 0 Å². The molecule has 0 saturated carbocycles. The summed E-state index contributed by atoms with van der Waals surface area (Å²) in [6, 6.07) is 6.95. The highest BCUT2D eigenvalue weighted by Gasteiger charge is 2.31. The zero-order valence-electron chi connectivity index (χ0n) is 11.6. The van der Waals surface area contributed by atoms with Crippen LogP contribution in [0.15, 0.2) is 38.1 Å². The number of nitrogens with one attached hydrogen (secondary N) is 1. The number of aryl methyl sites for hydroxylation is 1. The summed E-state index contributed by atoms with van der Waals surface area (Å²) in [5, 5.41) is 7.68. The van der Waals surface area contributed by atoms with E-state index >= 15 is 0 Å². The molecular formula is C14H16BrN3O3. The second-order valence-corrected chi connectivity index (χ2v) is 5.84. The van der Waals surface area contributed by atoms with Crippen LogP contribution < -0.4 is 10.9 Å². The lowest BCUT2D eigenvalue weighted by Crippen LogP contribution is -2.41. The van der Waals surface area contributed by atoms with Crippen LogP contribution in [0.5, 0.6) is 0 Å². The summed E-state index contributed by atoms with van der Waals surface area (Å²) in [7, 11) is 0. The fraction of sp³-hybridized carbons (Fsp3) is 0.429. The van der Waals surface area contributed by atoms with Crippen molar-refractivity contribution in [3.05, 3.63) is 50.7 Å². The number of halogens is 1. The van der Waals surface area contributed by atoms with Crippen molar-refractivity contribution in [2.45, 2.75) is 25.6 Å². The number of rotatable bonds is 4. The van der Waals surface area contributed by atoms with E-state index in [1.165, 1.54) is 4.68 Å². The molecule has 1 fully saturated rings. The quantitative estimate of drug-likeness (QED) is 0.904. The van der Waals surface area contributed by atoms with Crippen LogP contribution in [0.25, 0.3) is 0 Å². The Balaban J connectivity index is 1.73. The Hall–Kier alpha value is -1.44. The summed E-state index contributed by atoms with van der Waals surface area (Å²) in [5.41, 5.74) is 0.707. The van der Waals surface area contributed by atoms with Gasteiger partial charge in [0.15, 0.2) is 4.67 Å². The van der Waals surface area contributed by atoms with Gasteiger partial charge in [0.25, 0.3) is 5.56 Å². The predicted octanol–water partition coefficient (Wildman–Crippen LogP) is 1.64. The minimum absolute atomic E-state index is 0.0286. The van der Waals surface area contributed by atoms with E-state index in [1.54, 1.807) is 12.1 Å². The highest BCUT2D eigenvalue weighted by atomic mass is 79.9. The molecule has 0 radical (unpaired) electrons. The molecule has 3 rings (SSSR count). The molecule has 7 heteroatoms. The Morgan fingerprint density at radius 3 is 3.00 bits per heavy atom. The van der Waals surface area contributed by atoms with Crippen LogP contribution in [0.1, 0.15) is 17.5 Å². The summed E-state index contributed by atoms with van der Waals surface area (Å²) in [5.74, 6) is 0.831. The molecule has 0 aliphatic carbocycles. The molecule has 3 heterocycles. The molecule has 1 aliphatic heterocycles. The van der Waals surface area contributed by atoms with Gasteiger partial charge < -0.3 is 14.5 Å². The van der Waals surface area contributed by atoms with Crippen LogP contribution in [0.2, 0.25) is 0 Å². The van der Waals surface area contributed by atoms with Crippen LogP contribution >= 0.6 is 15.9 Å². The van der Waals surface area contributed by atoms with Crippen LogP contribution in [0.4, 0.5) is 0 Å². The van der Waals surface area contributed by atoms with Gasteiger partial charge in [-0.15, -0.1) is 0 Å². The molecule has 1 N–H and O–H groups in total. The van der Waals surface area contributed by atoms with E-state index in [-0.39, 0.29) is 17.6 Å². The van der Waals surface area contributed by atoms with E-state index in [2.05, 4.69) is 26.3 Å². The number of nitrogens with zero attached hydrogens (tertiary/aromatic N) is 2. The Kier molecular flexibility index (Phi) is 4.23. The Morgan fingerprint density at radius 2 is 2.24 bits per heavy atom. The first-order valence-corrected chi connectivity index (χ1v) is 7.54. The number of hydrogen-bond donors (Lipinski definition) is 1. The molecule has 21 heavy (non-hydrogen) atoms. The average molecular weight is 354 g/mol. The normalized spacial score (nSPS) is 21.8. The first-order chi connectivity index (χ1) is 10.1. The van der Waals surface area contributed by atoms with E-state index in [0.717, 1.165) is 11.5 Å². The van der Waals surface area contributed by atoms with Crippen molar-refractivity contribution in [3.63, 3.8) is 0 Å². The third-order valence-electron chi connectivity index (χ3n) is 3.49. The summed E-state index contributed by atoms with van der Waals surface area (Å²) in [6.45, 7) is 3.48. The molecular weight excluding hydrogens is 338 g/mol. The van der Waals surface area contributed by atoms with E-state index < -0.39 is 0 Å². The molecule has 0 amide bonds. The summed E-state index contributed by atoms with van der Waals surface area (Å²) < 4.78 is 13.2. The lowest BCUT2D eigenvalue weighted by Gasteiger charge is -2.20. The topological polar surface area (TPSA) is 69.3 Å². The summed E-state index contributed by atoms with van der Waals surface area (Å²) in [6.07, 6.45) is 0. The summed E-state index contributed by atoms with van der Waals surface area (Å²) in [4.78, 5) is 12.0. The zero-order chi connectivity index (χ0) is 14.8. The van der Waals surface area contributed by atoms with Gasteiger partial charge in [0.2, 0.25) is 0 Å². The molecule has 1 aliphatic rings. The van der Waals surface area contributed by atoms with Gasteiger partial charge in [-0.1, -0.05) is 0 Å². The zero-order valence-corrected chi connectivity index (χ0v) is 13.2. The standard InChI is InChI=1S/C14H16BrN3O3/c1-9-2-5-14(19)18(17-9)12-8-20-7-11(12)16-6-10-3-4-13(15)21-10/h2-5,11-12,16H,6-8H2,1H3. The van der Waals surface area contributed by atoms with Gasteiger partial charge in [-0.25, -0.2) is 4.68 Å². The first-order valence-electron chi connectivity index (χ1n) is 6.75. The second kappa shape index (κ2) is 6.13. The molecule has 0 spiro atoms. The Morgan fingerprint density at radius 1 is 1.38 bits per heavy atom. The Labute approximate surface area is 130 Å². The molecule has 2 atom stereocenters. The molecule has 0 aromatic carbocycles. The maximum atomic E-state index is 12.0. The second-order valence-electron chi connectivity index (χ2n) is 5.06. The first kappa shape index (κ1) is 14.5. The van der Waals surface area contributed by atoms with Crippen LogP contribution in [-0.4, -0.2) is 29.0 Å². The molecule has 1 saturated heterocycles. The van der Waals surface area contributed by atoms with Crippen LogP contribution in [0.3, 0.4) is 0 Å². The van der Waals surface area contributed by atoms with Crippen molar-refractivity contribution in [2.75, 3.05) is 13.2 Å². The van der Waals surface area contributed by atoms with Crippen molar-refractivity contribution < 1.29 is 9.15 Å². The average Bonchev–Trinajstić information content (AvgIpc) is 3.08. The molecule has 2 aromatic rings. The summed E-state index contributed by atoms with van der Waals surface area (Å²) >= 11 is 3.28. The van der Waals surface area contributed by atoms with Crippen molar-refractivity contribution >= 4 is 15.9 Å². The van der Waals surface area contributed by atoms with E-state index in [9.17, 15) is 4.79 Å². The van der Waals surface area contributed by atoms with Crippen LogP contribution in [-0.2, 0) is 11.3 Å². The fourth-order valence-corrected chi connectivity index (χ4v) is 2.76. The third kappa shape index (κ3) is 3.25. The SMILES string of the molecule is Cc1ccc(=O)n(C2COCC2NCc2ccc(Br)o2)n1. The van der Waals surface area contributed by atoms with Gasteiger partial charge in [-0.2, -0.15) is 5.10 Å². The molecule has 0 bridgehead atoms. The lowest BCUT2D eigenvalue weighted by molar-refractivity contribution is 0.180. The maximum absolute atomic E-state index is 12.0. The monoisotopic (exact) mass is 353 g/mol. The molecule has 2 unspecified atom stereocenters. The minimum Gasteiger partial charge on any atom is -0.453 e. The number of hydrogen-bond acceptors (Lipinski definition) is 5. The van der Waals surface area contributed by atoms with Crippen LogP contribution in [0, 0.1) is 6.92 Å². The van der Waals surface area contributed by atoms with E-state index in [0.29, 0.717) is 24.4 Å².